The Labute approximate surface area is 120 Å². The molecule has 0 heterocycles. The van der Waals surface area contributed by atoms with Crippen molar-refractivity contribution in [2.45, 2.75) is 52.5 Å². The summed E-state index contributed by atoms with van der Waals surface area (Å²) in [5.41, 5.74) is 5.56. The lowest BCUT2D eigenvalue weighted by Crippen LogP contribution is -2.41. The highest BCUT2D eigenvalue weighted by atomic mass is 16.4. The van der Waals surface area contributed by atoms with Crippen LogP contribution in [0.25, 0.3) is 0 Å². The molecule has 0 spiro atoms. The summed E-state index contributed by atoms with van der Waals surface area (Å²) < 4.78 is 0. The first kappa shape index (κ1) is 17.0. The summed E-state index contributed by atoms with van der Waals surface area (Å²) in [5.74, 6) is -1.41. The first-order chi connectivity index (χ1) is 9.23. The minimum absolute atomic E-state index is 0.0191. The van der Waals surface area contributed by atoms with Gasteiger partial charge in [-0.05, 0) is 42.9 Å². The fraction of sp³-hybridized carbons (Fsp3) is 0.867. The van der Waals surface area contributed by atoms with Gasteiger partial charge < -0.3 is 15.9 Å². The van der Waals surface area contributed by atoms with Crippen LogP contribution in [0.2, 0.25) is 0 Å². The average molecular weight is 285 g/mol. The lowest BCUT2D eigenvalue weighted by Gasteiger charge is -2.40. The van der Waals surface area contributed by atoms with Gasteiger partial charge in [0.2, 0.25) is 0 Å². The van der Waals surface area contributed by atoms with E-state index >= 15 is 0 Å². The van der Waals surface area contributed by atoms with E-state index in [1.54, 1.807) is 0 Å². The summed E-state index contributed by atoms with van der Waals surface area (Å²) in [7, 11) is 0. The van der Waals surface area contributed by atoms with Gasteiger partial charge >= 0.3 is 11.9 Å². The van der Waals surface area contributed by atoms with Gasteiger partial charge in [-0.15, -0.1) is 0 Å². The van der Waals surface area contributed by atoms with Gasteiger partial charge in [-0.3, -0.25) is 9.59 Å². The smallest absolute Gasteiger partial charge is 0.320 e. The molecule has 5 heteroatoms. The van der Waals surface area contributed by atoms with Crippen LogP contribution in [0.15, 0.2) is 0 Å². The fourth-order valence-corrected chi connectivity index (χ4v) is 3.57. The topological polar surface area (TPSA) is 101 Å². The van der Waals surface area contributed by atoms with E-state index in [4.69, 9.17) is 10.8 Å². The maximum atomic E-state index is 11.6. The molecule has 0 aromatic carbocycles. The second-order valence-electron chi connectivity index (χ2n) is 6.62. The van der Waals surface area contributed by atoms with Crippen molar-refractivity contribution in [3.8, 4) is 0 Å². The highest BCUT2D eigenvalue weighted by Gasteiger charge is 2.40. The zero-order valence-electron chi connectivity index (χ0n) is 12.6. The van der Waals surface area contributed by atoms with Crippen molar-refractivity contribution in [3.63, 3.8) is 0 Å². The Kier molecular flexibility index (Phi) is 5.99. The lowest BCUT2D eigenvalue weighted by atomic mass is 9.64. The van der Waals surface area contributed by atoms with Gasteiger partial charge in [-0.2, -0.15) is 0 Å². The molecule has 1 saturated carbocycles. The largest absolute Gasteiger partial charge is 0.481 e. The van der Waals surface area contributed by atoms with Crippen LogP contribution in [0, 0.1) is 29.6 Å². The molecule has 20 heavy (non-hydrogen) atoms. The van der Waals surface area contributed by atoms with Crippen LogP contribution in [-0.2, 0) is 9.59 Å². The first-order valence-electron chi connectivity index (χ1n) is 7.45. The minimum Gasteiger partial charge on any atom is -0.481 e. The SMILES string of the molecule is CC1CCC(C(C)C)C(C(C[C@H](N)C(=O)O)C(=O)O)C1. The van der Waals surface area contributed by atoms with E-state index in [1.807, 2.05) is 0 Å². The van der Waals surface area contributed by atoms with Gasteiger partial charge in [0.25, 0.3) is 0 Å². The average Bonchev–Trinajstić information content (AvgIpc) is 2.34. The van der Waals surface area contributed by atoms with Crippen LogP contribution < -0.4 is 5.73 Å². The van der Waals surface area contributed by atoms with Gasteiger partial charge in [0.1, 0.15) is 6.04 Å². The molecule has 0 bridgehead atoms. The minimum atomic E-state index is -1.12. The lowest BCUT2D eigenvalue weighted by molar-refractivity contribution is -0.147. The Morgan fingerprint density at radius 2 is 1.75 bits per heavy atom. The van der Waals surface area contributed by atoms with E-state index in [-0.39, 0.29) is 12.3 Å². The Bertz CT molecular complexity index is 356. The molecule has 4 unspecified atom stereocenters. The van der Waals surface area contributed by atoms with Crippen LogP contribution in [0.1, 0.15) is 46.5 Å². The quantitative estimate of drug-likeness (QED) is 0.694. The molecule has 5 atom stereocenters. The number of hydrogen-bond acceptors (Lipinski definition) is 3. The third kappa shape index (κ3) is 4.20. The van der Waals surface area contributed by atoms with Crippen LogP contribution in [0.5, 0.6) is 0 Å². The third-order valence-electron chi connectivity index (χ3n) is 4.73. The van der Waals surface area contributed by atoms with Crippen LogP contribution in [-0.4, -0.2) is 28.2 Å². The second-order valence-corrected chi connectivity index (χ2v) is 6.62. The predicted octanol–water partition coefficient (Wildman–Crippen LogP) is 2.20. The van der Waals surface area contributed by atoms with Crippen LogP contribution >= 0.6 is 0 Å². The molecule has 0 saturated heterocycles. The third-order valence-corrected chi connectivity index (χ3v) is 4.73. The van der Waals surface area contributed by atoms with Crippen molar-refractivity contribution in [2.75, 3.05) is 0 Å². The molecule has 0 aliphatic heterocycles. The molecular weight excluding hydrogens is 258 g/mol. The molecule has 116 valence electrons. The summed E-state index contributed by atoms with van der Waals surface area (Å²) in [4.78, 5) is 22.5. The van der Waals surface area contributed by atoms with Crippen molar-refractivity contribution in [1.82, 2.24) is 0 Å². The maximum absolute atomic E-state index is 11.6. The number of nitrogens with two attached hydrogens (primary N) is 1. The van der Waals surface area contributed by atoms with E-state index in [0.29, 0.717) is 17.8 Å². The highest BCUT2D eigenvalue weighted by molar-refractivity contribution is 5.76. The van der Waals surface area contributed by atoms with E-state index in [2.05, 4.69) is 20.8 Å². The van der Waals surface area contributed by atoms with Gasteiger partial charge in [-0.25, -0.2) is 0 Å². The van der Waals surface area contributed by atoms with Crippen molar-refractivity contribution >= 4 is 11.9 Å². The number of carboxylic acids is 2. The first-order valence-corrected chi connectivity index (χ1v) is 7.45. The molecule has 1 aliphatic carbocycles. The van der Waals surface area contributed by atoms with Crippen molar-refractivity contribution in [2.24, 2.45) is 35.3 Å². The standard InChI is InChI=1S/C15H27NO4/c1-8(2)10-5-4-9(3)6-11(10)12(14(17)18)7-13(16)15(19)20/h8-13H,4-7,16H2,1-3H3,(H,17,18)(H,19,20)/t9?,10?,11?,12?,13-/m0/s1. The molecule has 1 fully saturated rings. The zero-order valence-corrected chi connectivity index (χ0v) is 12.6. The van der Waals surface area contributed by atoms with Crippen molar-refractivity contribution in [1.29, 1.82) is 0 Å². The van der Waals surface area contributed by atoms with Gasteiger partial charge in [0.15, 0.2) is 0 Å². The Hall–Kier alpha value is -1.10. The Morgan fingerprint density at radius 3 is 2.20 bits per heavy atom. The Morgan fingerprint density at radius 1 is 1.15 bits per heavy atom. The number of carbonyl (C=O) groups is 2. The highest BCUT2D eigenvalue weighted by Crippen LogP contribution is 2.43. The summed E-state index contributed by atoms with van der Waals surface area (Å²) >= 11 is 0. The molecule has 4 N–H and O–H groups in total. The van der Waals surface area contributed by atoms with Gasteiger partial charge in [0, 0.05) is 0 Å². The number of hydrogen-bond donors (Lipinski definition) is 3. The number of rotatable bonds is 6. The molecule has 0 aromatic rings. The van der Waals surface area contributed by atoms with Crippen LogP contribution in [0.3, 0.4) is 0 Å². The number of aliphatic carboxylic acids is 2. The normalized spacial score (nSPS) is 29.9. The molecule has 1 aliphatic rings. The molecule has 1 rings (SSSR count). The fourth-order valence-electron chi connectivity index (χ4n) is 3.57. The van der Waals surface area contributed by atoms with Gasteiger partial charge in [0.05, 0.1) is 5.92 Å². The number of carboxylic acid groups (broad SMARTS) is 2. The van der Waals surface area contributed by atoms with Crippen LogP contribution in [0.4, 0.5) is 0 Å². The predicted molar refractivity (Wildman–Crippen MR) is 76.2 cm³/mol. The van der Waals surface area contributed by atoms with E-state index in [0.717, 1.165) is 19.3 Å². The van der Waals surface area contributed by atoms with E-state index in [1.165, 1.54) is 0 Å². The van der Waals surface area contributed by atoms with Crippen molar-refractivity contribution < 1.29 is 19.8 Å². The summed E-state index contributed by atoms with van der Waals surface area (Å²) in [5, 5.41) is 18.4. The van der Waals surface area contributed by atoms with E-state index in [9.17, 15) is 14.7 Å². The molecule has 0 radical (unpaired) electrons. The molecule has 0 aromatic heterocycles. The molecular formula is C15H27NO4. The molecule has 0 amide bonds. The monoisotopic (exact) mass is 285 g/mol. The van der Waals surface area contributed by atoms with Gasteiger partial charge in [-0.1, -0.05) is 27.2 Å². The Balaban J connectivity index is 2.91. The van der Waals surface area contributed by atoms with E-state index < -0.39 is 23.9 Å². The van der Waals surface area contributed by atoms with Crippen molar-refractivity contribution in [3.05, 3.63) is 0 Å². The summed E-state index contributed by atoms with van der Waals surface area (Å²) in [6.45, 7) is 6.37. The molecule has 5 nitrogen and oxygen atoms in total. The second kappa shape index (κ2) is 7.07. The summed E-state index contributed by atoms with van der Waals surface area (Å²) in [6.07, 6.45) is 3.02. The zero-order chi connectivity index (χ0) is 15.4. The summed E-state index contributed by atoms with van der Waals surface area (Å²) in [6, 6.07) is -1.10. The maximum Gasteiger partial charge on any atom is 0.320 e.